The summed E-state index contributed by atoms with van der Waals surface area (Å²) in [6.07, 6.45) is 1.90. The van der Waals surface area contributed by atoms with Crippen LogP contribution in [0.15, 0.2) is 17.3 Å². The molecule has 0 unspecified atom stereocenters. The van der Waals surface area contributed by atoms with Gasteiger partial charge in [0.15, 0.2) is 5.16 Å². The zero-order chi connectivity index (χ0) is 11.0. The SMILES string of the molecule is CSc1nc(Cl)c2cc(C)cc(Cl)c2n1. The van der Waals surface area contributed by atoms with Crippen molar-refractivity contribution in [2.24, 2.45) is 0 Å². The van der Waals surface area contributed by atoms with Crippen LogP contribution in [0.4, 0.5) is 0 Å². The van der Waals surface area contributed by atoms with Crippen LogP contribution in [0.2, 0.25) is 10.2 Å². The monoisotopic (exact) mass is 258 g/mol. The van der Waals surface area contributed by atoms with Crippen LogP contribution in [0.1, 0.15) is 5.56 Å². The van der Waals surface area contributed by atoms with Crippen molar-refractivity contribution in [1.29, 1.82) is 0 Å². The Balaban J connectivity index is 2.85. The molecule has 0 saturated carbocycles. The number of hydrogen-bond donors (Lipinski definition) is 0. The largest absolute Gasteiger partial charge is 0.221 e. The van der Waals surface area contributed by atoms with Crippen LogP contribution in [0.3, 0.4) is 0 Å². The van der Waals surface area contributed by atoms with E-state index in [2.05, 4.69) is 9.97 Å². The highest BCUT2D eigenvalue weighted by Gasteiger charge is 2.09. The molecule has 0 atom stereocenters. The minimum atomic E-state index is 0.454. The van der Waals surface area contributed by atoms with Crippen LogP contribution in [-0.2, 0) is 0 Å². The predicted molar refractivity (Wildman–Crippen MR) is 66.1 cm³/mol. The van der Waals surface area contributed by atoms with E-state index in [9.17, 15) is 0 Å². The Labute approximate surface area is 102 Å². The van der Waals surface area contributed by atoms with Crippen molar-refractivity contribution < 1.29 is 0 Å². The van der Waals surface area contributed by atoms with Gasteiger partial charge >= 0.3 is 0 Å². The number of halogens is 2. The Morgan fingerprint density at radius 1 is 1.20 bits per heavy atom. The van der Waals surface area contributed by atoms with Crippen molar-refractivity contribution in [3.05, 3.63) is 27.9 Å². The van der Waals surface area contributed by atoms with Crippen molar-refractivity contribution in [3.8, 4) is 0 Å². The average molecular weight is 259 g/mol. The highest BCUT2D eigenvalue weighted by Crippen LogP contribution is 2.29. The average Bonchev–Trinajstić information content (AvgIpc) is 2.19. The molecule has 5 heteroatoms. The van der Waals surface area contributed by atoms with Crippen LogP contribution < -0.4 is 0 Å². The first-order valence-corrected chi connectivity index (χ1v) is 6.27. The molecule has 0 amide bonds. The van der Waals surface area contributed by atoms with Gasteiger partial charge in [-0.1, -0.05) is 35.0 Å². The molecule has 2 rings (SSSR count). The van der Waals surface area contributed by atoms with E-state index in [0.717, 1.165) is 10.9 Å². The van der Waals surface area contributed by atoms with Crippen LogP contribution in [0, 0.1) is 6.92 Å². The van der Waals surface area contributed by atoms with E-state index < -0.39 is 0 Å². The second-order valence-corrected chi connectivity index (χ2v) is 4.68. The first-order chi connectivity index (χ1) is 7.11. The van der Waals surface area contributed by atoms with Crippen LogP contribution in [0.5, 0.6) is 0 Å². The third kappa shape index (κ3) is 2.05. The lowest BCUT2D eigenvalue weighted by molar-refractivity contribution is 1.01. The van der Waals surface area contributed by atoms with Crippen molar-refractivity contribution in [3.63, 3.8) is 0 Å². The van der Waals surface area contributed by atoms with Gasteiger partial charge < -0.3 is 0 Å². The molecule has 0 aliphatic heterocycles. The number of nitrogens with zero attached hydrogens (tertiary/aromatic N) is 2. The Morgan fingerprint density at radius 3 is 2.60 bits per heavy atom. The van der Waals surface area contributed by atoms with E-state index in [1.54, 1.807) is 0 Å². The van der Waals surface area contributed by atoms with Crippen LogP contribution in [-0.4, -0.2) is 16.2 Å². The van der Waals surface area contributed by atoms with Gasteiger partial charge in [-0.3, -0.25) is 0 Å². The summed E-state index contributed by atoms with van der Waals surface area (Å²) in [5.41, 5.74) is 1.77. The summed E-state index contributed by atoms with van der Waals surface area (Å²) in [5, 5.41) is 2.51. The molecule has 1 heterocycles. The molecule has 1 aromatic heterocycles. The molecule has 2 aromatic rings. The van der Waals surface area contributed by atoms with E-state index in [4.69, 9.17) is 23.2 Å². The van der Waals surface area contributed by atoms with Gasteiger partial charge in [0.05, 0.1) is 10.5 Å². The van der Waals surface area contributed by atoms with E-state index >= 15 is 0 Å². The van der Waals surface area contributed by atoms with Crippen LogP contribution in [0.25, 0.3) is 10.9 Å². The lowest BCUT2D eigenvalue weighted by atomic mass is 10.2. The Kier molecular flexibility index (Phi) is 3.05. The normalized spacial score (nSPS) is 10.9. The summed E-state index contributed by atoms with van der Waals surface area (Å²) in [7, 11) is 0. The lowest BCUT2D eigenvalue weighted by Crippen LogP contribution is -1.90. The third-order valence-corrected chi connectivity index (χ3v) is 3.14. The Bertz CT molecular complexity index is 528. The Morgan fingerprint density at radius 2 is 1.93 bits per heavy atom. The standard InChI is InChI=1S/C10H8Cl2N2S/c1-5-3-6-8(7(11)4-5)13-10(15-2)14-9(6)12/h3-4H,1-2H3. The molecule has 1 aromatic carbocycles. The predicted octanol–water partition coefficient (Wildman–Crippen LogP) is 3.97. The van der Waals surface area contributed by atoms with Crippen molar-refractivity contribution in [2.75, 3.05) is 6.26 Å². The van der Waals surface area contributed by atoms with E-state index in [1.807, 2.05) is 25.3 Å². The van der Waals surface area contributed by atoms with Gasteiger partial charge in [-0.2, -0.15) is 0 Å². The molecule has 0 spiro atoms. The number of hydrogen-bond acceptors (Lipinski definition) is 3. The molecule has 0 saturated heterocycles. The minimum Gasteiger partial charge on any atom is -0.221 e. The third-order valence-electron chi connectivity index (χ3n) is 2.01. The maximum atomic E-state index is 6.11. The zero-order valence-corrected chi connectivity index (χ0v) is 10.5. The number of thioether (sulfide) groups is 1. The second kappa shape index (κ2) is 4.16. The summed E-state index contributed by atoms with van der Waals surface area (Å²) in [5.74, 6) is 0. The number of aromatic nitrogens is 2. The van der Waals surface area contributed by atoms with Gasteiger partial charge in [0.1, 0.15) is 5.15 Å². The lowest BCUT2D eigenvalue weighted by Gasteiger charge is -2.05. The highest BCUT2D eigenvalue weighted by atomic mass is 35.5. The topological polar surface area (TPSA) is 25.8 Å². The van der Waals surface area contributed by atoms with Gasteiger partial charge in [-0.15, -0.1) is 0 Å². The van der Waals surface area contributed by atoms with Crippen molar-refractivity contribution >= 4 is 45.9 Å². The van der Waals surface area contributed by atoms with Gasteiger partial charge in [0.25, 0.3) is 0 Å². The minimum absolute atomic E-state index is 0.454. The molecular formula is C10H8Cl2N2S. The summed E-state index contributed by atoms with van der Waals surface area (Å²) in [6, 6.07) is 3.81. The molecule has 0 aliphatic carbocycles. The van der Waals surface area contributed by atoms with Crippen molar-refractivity contribution in [1.82, 2.24) is 9.97 Å². The number of aryl methyl sites for hydroxylation is 1. The molecular weight excluding hydrogens is 251 g/mol. The maximum Gasteiger partial charge on any atom is 0.189 e. The number of fused-ring (bicyclic) bond motifs is 1. The van der Waals surface area contributed by atoms with Crippen LogP contribution >= 0.6 is 35.0 Å². The van der Waals surface area contributed by atoms with Gasteiger partial charge in [0.2, 0.25) is 0 Å². The molecule has 0 aliphatic rings. The van der Waals surface area contributed by atoms with Crippen molar-refractivity contribution in [2.45, 2.75) is 12.1 Å². The fourth-order valence-electron chi connectivity index (χ4n) is 1.36. The summed E-state index contributed by atoms with van der Waals surface area (Å²) in [6.45, 7) is 1.96. The fraction of sp³-hybridized carbons (Fsp3) is 0.200. The number of rotatable bonds is 1. The summed E-state index contributed by atoms with van der Waals surface area (Å²) in [4.78, 5) is 8.49. The van der Waals surface area contributed by atoms with Gasteiger partial charge in [0, 0.05) is 5.39 Å². The van der Waals surface area contributed by atoms with E-state index in [0.29, 0.717) is 20.8 Å². The van der Waals surface area contributed by atoms with E-state index in [1.165, 1.54) is 11.8 Å². The molecule has 0 N–H and O–H groups in total. The summed E-state index contributed by atoms with van der Waals surface area (Å²) >= 11 is 13.6. The molecule has 15 heavy (non-hydrogen) atoms. The van der Waals surface area contributed by atoms with Gasteiger partial charge in [-0.25, -0.2) is 9.97 Å². The molecule has 0 bridgehead atoms. The number of benzene rings is 1. The summed E-state index contributed by atoms with van der Waals surface area (Å²) < 4.78 is 0. The van der Waals surface area contributed by atoms with Gasteiger partial charge in [-0.05, 0) is 30.9 Å². The Hall–Kier alpha value is -0.510. The molecule has 78 valence electrons. The van der Waals surface area contributed by atoms with E-state index in [-0.39, 0.29) is 0 Å². The second-order valence-electron chi connectivity index (χ2n) is 3.14. The first kappa shape index (κ1) is 11.0. The first-order valence-electron chi connectivity index (χ1n) is 4.29. The molecule has 2 nitrogen and oxygen atoms in total. The maximum absolute atomic E-state index is 6.11. The molecule has 0 fully saturated rings. The quantitative estimate of drug-likeness (QED) is 0.440. The molecule has 0 radical (unpaired) electrons. The zero-order valence-electron chi connectivity index (χ0n) is 8.21. The smallest absolute Gasteiger partial charge is 0.189 e. The highest BCUT2D eigenvalue weighted by molar-refractivity contribution is 7.98. The fourth-order valence-corrected chi connectivity index (χ4v) is 2.32.